The highest BCUT2D eigenvalue weighted by Gasteiger charge is 2.35. The molecule has 1 aromatic carbocycles. The lowest BCUT2D eigenvalue weighted by Gasteiger charge is -2.37. The van der Waals surface area contributed by atoms with Gasteiger partial charge in [0.2, 0.25) is 11.6 Å². The van der Waals surface area contributed by atoms with E-state index in [4.69, 9.17) is 9.47 Å². The molecule has 2 aromatic rings. The fourth-order valence-electron chi connectivity index (χ4n) is 4.58. The predicted molar refractivity (Wildman–Crippen MR) is 128 cm³/mol. The normalized spacial score (nSPS) is 18.5. The number of piperidine rings is 1. The first-order chi connectivity index (χ1) is 16.5. The predicted octanol–water partition coefficient (Wildman–Crippen LogP) is 2.50. The molecule has 0 aliphatic carbocycles. The molecular weight excluding hydrogens is 440 g/mol. The highest BCUT2D eigenvalue weighted by atomic mass is 16.6. The van der Waals surface area contributed by atoms with E-state index in [2.05, 4.69) is 14.9 Å². The first kappa shape index (κ1) is 23.5. The maximum absolute atomic E-state index is 12.3. The van der Waals surface area contributed by atoms with Crippen LogP contribution in [-0.4, -0.2) is 73.8 Å². The number of hydrogen-bond donors (Lipinski definition) is 0. The Bertz CT molecular complexity index is 1010. The van der Waals surface area contributed by atoms with Crippen molar-refractivity contribution in [3.63, 3.8) is 0 Å². The zero-order chi connectivity index (χ0) is 24.1. The van der Waals surface area contributed by atoms with Crippen molar-refractivity contribution >= 4 is 29.0 Å². The van der Waals surface area contributed by atoms with E-state index in [9.17, 15) is 14.9 Å². The van der Waals surface area contributed by atoms with Crippen LogP contribution in [-0.2, 0) is 9.53 Å². The molecule has 34 heavy (non-hydrogen) atoms. The van der Waals surface area contributed by atoms with E-state index in [1.54, 1.807) is 14.0 Å². The molecule has 0 saturated carbocycles. The Balaban J connectivity index is 1.51. The number of piperazine rings is 1. The molecule has 4 rings (SSSR count). The van der Waals surface area contributed by atoms with Gasteiger partial charge in [-0.15, -0.1) is 0 Å². The zero-order valence-corrected chi connectivity index (χ0v) is 19.6. The maximum Gasteiger partial charge on any atom is 0.353 e. The quantitative estimate of drug-likeness (QED) is 0.340. The number of aromatic nitrogens is 2. The average Bonchev–Trinajstić information content (AvgIpc) is 2.88. The molecule has 2 fully saturated rings. The van der Waals surface area contributed by atoms with Crippen molar-refractivity contribution in [2.75, 3.05) is 67.7 Å². The van der Waals surface area contributed by atoms with Gasteiger partial charge in [0.25, 0.3) is 0 Å². The van der Waals surface area contributed by atoms with Gasteiger partial charge in [-0.2, -0.15) is 0 Å². The van der Waals surface area contributed by atoms with E-state index in [0.29, 0.717) is 58.1 Å². The van der Waals surface area contributed by atoms with Crippen LogP contribution < -0.4 is 19.4 Å². The Kier molecular flexibility index (Phi) is 7.29. The molecule has 1 atom stereocenters. The summed E-state index contributed by atoms with van der Waals surface area (Å²) >= 11 is 0. The van der Waals surface area contributed by atoms with Crippen LogP contribution in [0, 0.1) is 16.0 Å². The molecule has 0 spiro atoms. The van der Waals surface area contributed by atoms with Crippen LogP contribution in [0.25, 0.3) is 0 Å². The number of anilines is 3. The molecule has 11 heteroatoms. The van der Waals surface area contributed by atoms with E-state index in [1.807, 2.05) is 34.1 Å². The van der Waals surface area contributed by atoms with Crippen molar-refractivity contribution in [3.8, 4) is 5.75 Å². The van der Waals surface area contributed by atoms with Crippen molar-refractivity contribution in [1.29, 1.82) is 0 Å². The van der Waals surface area contributed by atoms with Gasteiger partial charge in [0, 0.05) is 45.0 Å². The van der Waals surface area contributed by atoms with E-state index in [1.165, 1.54) is 6.33 Å². The fourth-order valence-corrected chi connectivity index (χ4v) is 4.58. The minimum Gasteiger partial charge on any atom is -0.497 e. The molecule has 2 aliphatic rings. The second-order valence-corrected chi connectivity index (χ2v) is 8.34. The number of esters is 1. The summed E-state index contributed by atoms with van der Waals surface area (Å²) in [7, 11) is 1.64. The summed E-state index contributed by atoms with van der Waals surface area (Å²) in [5.41, 5.74) is 0.974. The topological polar surface area (TPSA) is 114 Å². The summed E-state index contributed by atoms with van der Waals surface area (Å²) in [6.07, 6.45) is 2.82. The molecule has 182 valence electrons. The molecule has 0 amide bonds. The van der Waals surface area contributed by atoms with Crippen LogP contribution in [0.2, 0.25) is 0 Å². The van der Waals surface area contributed by atoms with Gasteiger partial charge in [0.05, 0.1) is 24.6 Å². The largest absolute Gasteiger partial charge is 0.497 e. The van der Waals surface area contributed by atoms with Gasteiger partial charge in [-0.3, -0.25) is 14.9 Å². The SMILES string of the molecule is CCOC(=O)C1CCCN(c2ncnc(N3CCN(c4ccc(OC)cc4)CC3)c2[N+](=O)[O-])C1. The number of hydrogen-bond acceptors (Lipinski definition) is 10. The van der Waals surface area contributed by atoms with Gasteiger partial charge in [-0.05, 0) is 44.0 Å². The van der Waals surface area contributed by atoms with Crippen LogP contribution >= 0.6 is 0 Å². The first-order valence-corrected chi connectivity index (χ1v) is 11.6. The smallest absolute Gasteiger partial charge is 0.353 e. The third-order valence-corrected chi connectivity index (χ3v) is 6.32. The number of carbonyl (C=O) groups is 1. The van der Waals surface area contributed by atoms with Crippen molar-refractivity contribution in [2.24, 2.45) is 5.92 Å². The van der Waals surface area contributed by atoms with Gasteiger partial charge in [0.1, 0.15) is 12.1 Å². The highest BCUT2D eigenvalue weighted by Crippen LogP contribution is 2.36. The minimum atomic E-state index is -0.408. The van der Waals surface area contributed by atoms with E-state index < -0.39 is 4.92 Å². The molecule has 3 heterocycles. The third-order valence-electron chi connectivity index (χ3n) is 6.32. The van der Waals surface area contributed by atoms with Crippen LogP contribution in [0.15, 0.2) is 30.6 Å². The molecule has 2 saturated heterocycles. The van der Waals surface area contributed by atoms with E-state index in [0.717, 1.165) is 17.9 Å². The lowest BCUT2D eigenvalue weighted by molar-refractivity contribution is -0.383. The molecule has 11 nitrogen and oxygen atoms in total. The zero-order valence-electron chi connectivity index (χ0n) is 19.6. The van der Waals surface area contributed by atoms with E-state index in [-0.39, 0.29) is 23.4 Å². The maximum atomic E-state index is 12.3. The van der Waals surface area contributed by atoms with Gasteiger partial charge >= 0.3 is 11.7 Å². The lowest BCUT2D eigenvalue weighted by atomic mass is 9.98. The molecule has 0 N–H and O–H groups in total. The third kappa shape index (κ3) is 4.97. The van der Waals surface area contributed by atoms with Crippen LogP contribution in [0.3, 0.4) is 0 Å². The van der Waals surface area contributed by atoms with Gasteiger partial charge < -0.3 is 24.2 Å². The standard InChI is InChI=1S/C23H30N6O5/c1-3-34-23(30)17-5-4-10-28(15-17)22-20(29(31)32)21(24-16-25-22)27-13-11-26(12-14-27)18-6-8-19(33-2)9-7-18/h6-9,16-17H,3-5,10-15H2,1-2H3. The van der Waals surface area contributed by atoms with Crippen LogP contribution in [0.5, 0.6) is 5.75 Å². The van der Waals surface area contributed by atoms with E-state index >= 15 is 0 Å². The Morgan fingerprint density at radius 3 is 2.32 bits per heavy atom. The molecule has 1 aromatic heterocycles. The number of methoxy groups -OCH3 is 1. The van der Waals surface area contributed by atoms with Crippen LogP contribution in [0.4, 0.5) is 23.0 Å². The Morgan fingerprint density at radius 1 is 1.06 bits per heavy atom. The second-order valence-electron chi connectivity index (χ2n) is 8.34. The highest BCUT2D eigenvalue weighted by molar-refractivity contribution is 5.75. The van der Waals surface area contributed by atoms with Crippen molar-refractivity contribution in [1.82, 2.24) is 9.97 Å². The molecule has 0 bridgehead atoms. The van der Waals surface area contributed by atoms with Crippen molar-refractivity contribution in [3.05, 3.63) is 40.7 Å². The number of nitro groups is 1. The summed E-state index contributed by atoms with van der Waals surface area (Å²) in [5, 5.41) is 12.2. The summed E-state index contributed by atoms with van der Waals surface area (Å²) in [6.45, 7) is 5.63. The number of rotatable bonds is 7. The Morgan fingerprint density at radius 2 is 1.71 bits per heavy atom. The summed E-state index contributed by atoms with van der Waals surface area (Å²) in [5.74, 6) is 0.803. The summed E-state index contributed by atoms with van der Waals surface area (Å²) in [6, 6.07) is 7.86. The van der Waals surface area contributed by atoms with Gasteiger partial charge in [0.15, 0.2) is 0 Å². The summed E-state index contributed by atoms with van der Waals surface area (Å²) < 4.78 is 10.4. The fraction of sp³-hybridized carbons (Fsp3) is 0.522. The molecule has 1 unspecified atom stereocenters. The van der Waals surface area contributed by atoms with Gasteiger partial charge in [-0.25, -0.2) is 9.97 Å². The minimum absolute atomic E-state index is 0.107. The number of carbonyl (C=O) groups excluding carboxylic acids is 1. The molecule has 2 aliphatic heterocycles. The monoisotopic (exact) mass is 470 g/mol. The lowest BCUT2D eigenvalue weighted by Crippen LogP contribution is -2.47. The van der Waals surface area contributed by atoms with Crippen molar-refractivity contribution < 1.29 is 19.2 Å². The van der Waals surface area contributed by atoms with Crippen LogP contribution in [0.1, 0.15) is 19.8 Å². The number of nitrogens with zero attached hydrogens (tertiary/aromatic N) is 6. The van der Waals surface area contributed by atoms with Gasteiger partial charge in [-0.1, -0.05) is 0 Å². The number of ether oxygens (including phenoxy) is 2. The molecular formula is C23H30N6O5. The number of benzene rings is 1. The second kappa shape index (κ2) is 10.5. The summed E-state index contributed by atoms with van der Waals surface area (Å²) in [4.78, 5) is 38.6. The first-order valence-electron chi connectivity index (χ1n) is 11.6. The Labute approximate surface area is 198 Å². The Hall–Kier alpha value is -3.63. The average molecular weight is 471 g/mol. The molecule has 0 radical (unpaired) electrons. The van der Waals surface area contributed by atoms with Crippen molar-refractivity contribution in [2.45, 2.75) is 19.8 Å².